The topological polar surface area (TPSA) is 66.1 Å². The summed E-state index contributed by atoms with van der Waals surface area (Å²) >= 11 is 0. The molecule has 0 unspecified atom stereocenters. The van der Waals surface area contributed by atoms with Crippen LogP contribution in [0, 0.1) is 5.92 Å². The molecule has 0 aliphatic carbocycles. The average Bonchev–Trinajstić information content (AvgIpc) is 2.65. The van der Waals surface area contributed by atoms with Gasteiger partial charge in [-0.05, 0) is 24.0 Å². The highest BCUT2D eigenvalue weighted by molar-refractivity contribution is 5.71. The Morgan fingerprint density at radius 3 is 2.35 bits per heavy atom. The minimum absolute atomic E-state index is 0.234. The quantitative estimate of drug-likeness (QED) is 0.639. The van der Waals surface area contributed by atoms with Gasteiger partial charge in [-0.2, -0.15) is 4.98 Å². The van der Waals surface area contributed by atoms with Gasteiger partial charge in [0.25, 0.3) is 0 Å². The highest BCUT2D eigenvalue weighted by atomic mass is 16.5. The van der Waals surface area contributed by atoms with Crippen LogP contribution >= 0.6 is 0 Å². The van der Waals surface area contributed by atoms with Gasteiger partial charge in [0.05, 0.1) is 12.6 Å². The maximum absolute atomic E-state index is 12.8. The molecule has 0 spiro atoms. The normalized spacial score (nSPS) is 11.2. The summed E-state index contributed by atoms with van der Waals surface area (Å²) in [4.78, 5) is 29.9. The van der Waals surface area contributed by atoms with Crippen molar-refractivity contribution in [2.75, 3.05) is 7.11 Å². The molecule has 6 heteroatoms. The SMILES string of the molecule is COc1ccc2c(n1)n(CCc1ccccc1)c(=O)c(=O)n2CC(C)C. The Morgan fingerprint density at radius 2 is 1.69 bits per heavy atom. The Hall–Kier alpha value is -2.89. The standard InChI is InChI=1S/C20H23N3O3/c1-14(2)13-23-16-9-10-17(26-3)21-18(16)22(19(24)20(23)25)12-11-15-7-5-4-6-8-15/h4-10,14H,11-13H2,1-3H3. The summed E-state index contributed by atoms with van der Waals surface area (Å²) in [5.41, 5.74) is 1.17. The lowest BCUT2D eigenvalue weighted by molar-refractivity contribution is 0.398. The molecule has 2 aromatic heterocycles. The van der Waals surface area contributed by atoms with Crippen molar-refractivity contribution in [3.05, 3.63) is 68.7 Å². The molecular formula is C20H23N3O3. The van der Waals surface area contributed by atoms with Crippen molar-refractivity contribution in [3.63, 3.8) is 0 Å². The lowest BCUT2D eigenvalue weighted by atomic mass is 10.1. The van der Waals surface area contributed by atoms with Crippen LogP contribution in [0.25, 0.3) is 11.2 Å². The smallest absolute Gasteiger partial charge is 0.318 e. The van der Waals surface area contributed by atoms with Gasteiger partial charge in [0, 0.05) is 19.2 Å². The first-order valence-corrected chi connectivity index (χ1v) is 8.73. The molecule has 2 heterocycles. The predicted molar refractivity (Wildman–Crippen MR) is 102 cm³/mol. The van der Waals surface area contributed by atoms with E-state index in [2.05, 4.69) is 4.98 Å². The summed E-state index contributed by atoms with van der Waals surface area (Å²) in [6.07, 6.45) is 0.641. The average molecular weight is 353 g/mol. The van der Waals surface area contributed by atoms with Crippen molar-refractivity contribution < 1.29 is 4.74 Å². The van der Waals surface area contributed by atoms with Crippen LogP contribution in [0.1, 0.15) is 19.4 Å². The van der Waals surface area contributed by atoms with Gasteiger partial charge in [-0.25, -0.2) is 0 Å². The van der Waals surface area contributed by atoms with E-state index in [0.717, 1.165) is 5.56 Å². The molecule has 0 amide bonds. The lowest BCUT2D eigenvalue weighted by Gasteiger charge is -2.16. The van der Waals surface area contributed by atoms with Crippen molar-refractivity contribution >= 4 is 11.2 Å². The molecule has 0 bridgehead atoms. The van der Waals surface area contributed by atoms with Crippen LogP contribution in [0.5, 0.6) is 5.88 Å². The zero-order valence-corrected chi connectivity index (χ0v) is 15.3. The van der Waals surface area contributed by atoms with Crippen LogP contribution in [-0.4, -0.2) is 21.2 Å². The number of hydrogen-bond acceptors (Lipinski definition) is 4. The number of methoxy groups -OCH3 is 1. The van der Waals surface area contributed by atoms with Gasteiger partial charge in [0.2, 0.25) is 5.88 Å². The number of fused-ring (bicyclic) bond motifs is 1. The Bertz CT molecular complexity index is 1020. The van der Waals surface area contributed by atoms with Gasteiger partial charge < -0.3 is 9.30 Å². The largest absolute Gasteiger partial charge is 0.481 e. The molecule has 0 aliphatic rings. The molecule has 0 radical (unpaired) electrons. The molecule has 0 atom stereocenters. The van der Waals surface area contributed by atoms with Crippen molar-refractivity contribution in [2.45, 2.75) is 33.4 Å². The number of hydrogen-bond donors (Lipinski definition) is 0. The minimum Gasteiger partial charge on any atom is -0.481 e. The van der Waals surface area contributed by atoms with Crippen LogP contribution < -0.4 is 15.9 Å². The Labute approximate surface area is 151 Å². The summed E-state index contributed by atoms with van der Waals surface area (Å²) in [5, 5.41) is 0. The summed E-state index contributed by atoms with van der Waals surface area (Å²) < 4.78 is 8.20. The van der Waals surface area contributed by atoms with E-state index in [4.69, 9.17) is 4.74 Å². The molecular weight excluding hydrogens is 330 g/mol. The van der Waals surface area contributed by atoms with Crippen molar-refractivity contribution in [3.8, 4) is 5.88 Å². The second kappa shape index (κ2) is 7.56. The first kappa shape index (κ1) is 17.9. The maximum Gasteiger partial charge on any atom is 0.318 e. The molecule has 1 aromatic carbocycles. The van der Waals surface area contributed by atoms with Gasteiger partial charge in [-0.1, -0.05) is 44.2 Å². The van der Waals surface area contributed by atoms with E-state index in [0.29, 0.717) is 36.6 Å². The van der Waals surface area contributed by atoms with Gasteiger partial charge in [0.15, 0.2) is 5.65 Å². The highest BCUT2D eigenvalue weighted by Crippen LogP contribution is 2.16. The summed E-state index contributed by atoms with van der Waals surface area (Å²) in [6, 6.07) is 13.4. The fourth-order valence-electron chi connectivity index (χ4n) is 3.02. The molecule has 0 N–H and O–H groups in total. The molecule has 0 saturated heterocycles. The number of ether oxygens (including phenoxy) is 1. The van der Waals surface area contributed by atoms with Crippen LogP contribution in [-0.2, 0) is 19.5 Å². The third kappa shape index (κ3) is 3.54. The molecule has 0 saturated carbocycles. The summed E-state index contributed by atoms with van der Waals surface area (Å²) in [5.74, 6) is 0.651. The van der Waals surface area contributed by atoms with Crippen molar-refractivity contribution in [1.82, 2.24) is 14.1 Å². The summed E-state index contributed by atoms with van der Waals surface area (Å²) in [6.45, 7) is 4.88. The van der Waals surface area contributed by atoms with Crippen molar-refractivity contribution in [2.24, 2.45) is 5.92 Å². The lowest BCUT2D eigenvalue weighted by Crippen LogP contribution is -2.42. The third-order valence-electron chi connectivity index (χ3n) is 4.27. The van der Waals surface area contributed by atoms with E-state index in [1.165, 1.54) is 16.2 Å². The van der Waals surface area contributed by atoms with E-state index in [9.17, 15) is 9.59 Å². The zero-order valence-electron chi connectivity index (χ0n) is 15.3. The van der Waals surface area contributed by atoms with Crippen LogP contribution in [0.15, 0.2) is 52.1 Å². The van der Waals surface area contributed by atoms with Crippen LogP contribution in [0.4, 0.5) is 0 Å². The number of aromatic nitrogens is 3. The first-order chi connectivity index (χ1) is 12.5. The zero-order chi connectivity index (χ0) is 18.7. The number of rotatable bonds is 6. The fraction of sp³-hybridized carbons (Fsp3) is 0.350. The second-order valence-corrected chi connectivity index (χ2v) is 6.70. The van der Waals surface area contributed by atoms with E-state index in [-0.39, 0.29) is 5.92 Å². The van der Waals surface area contributed by atoms with E-state index in [1.54, 1.807) is 12.1 Å². The van der Waals surface area contributed by atoms with Gasteiger partial charge in [-0.3, -0.25) is 14.2 Å². The Balaban J connectivity index is 2.16. The first-order valence-electron chi connectivity index (χ1n) is 8.73. The number of nitrogens with zero attached hydrogens (tertiary/aromatic N) is 3. The van der Waals surface area contributed by atoms with Gasteiger partial charge in [0.1, 0.15) is 0 Å². The fourth-order valence-corrected chi connectivity index (χ4v) is 3.02. The molecule has 6 nitrogen and oxygen atoms in total. The molecule has 136 valence electrons. The van der Waals surface area contributed by atoms with Crippen molar-refractivity contribution in [1.29, 1.82) is 0 Å². The van der Waals surface area contributed by atoms with Gasteiger partial charge in [-0.15, -0.1) is 0 Å². The van der Waals surface area contributed by atoms with E-state index in [1.807, 2.05) is 44.2 Å². The molecule has 3 rings (SSSR count). The maximum atomic E-state index is 12.8. The monoisotopic (exact) mass is 353 g/mol. The Kier molecular flexibility index (Phi) is 5.21. The minimum atomic E-state index is -0.546. The summed E-state index contributed by atoms with van der Waals surface area (Å²) in [7, 11) is 1.53. The van der Waals surface area contributed by atoms with Gasteiger partial charge >= 0.3 is 11.1 Å². The van der Waals surface area contributed by atoms with E-state index >= 15 is 0 Å². The molecule has 3 aromatic rings. The van der Waals surface area contributed by atoms with E-state index < -0.39 is 11.1 Å². The van der Waals surface area contributed by atoms with Crippen LogP contribution in [0.3, 0.4) is 0 Å². The number of pyridine rings is 1. The molecule has 26 heavy (non-hydrogen) atoms. The third-order valence-corrected chi connectivity index (χ3v) is 4.27. The molecule has 0 fully saturated rings. The number of benzene rings is 1. The predicted octanol–water partition coefficient (Wildman–Crippen LogP) is 2.47. The number of aryl methyl sites for hydroxylation is 2. The van der Waals surface area contributed by atoms with Crippen LogP contribution in [0.2, 0.25) is 0 Å². The Morgan fingerprint density at radius 1 is 1.00 bits per heavy atom. The second-order valence-electron chi connectivity index (χ2n) is 6.70. The highest BCUT2D eigenvalue weighted by Gasteiger charge is 2.16. The molecule has 0 aliphatic heterocycles.